The second-order valence-electron chi connectivity index (χ2n) is 6.14. The van der Waals surface area contributed by atoms with Gasteiger partial charge in [-0.15, -0.1) is 0 Å². The number of fused-ring (bicyclic) bond motifs is 2. The van der Waals surface area contributed by atoms with E-state index < -0.39 is 0 Å². The molecule has 2 amide bonds. The third-order valence-corrected chi connectivity index (χ3v) is 4.19. The smallest absolute Gasteiger partial charge is 0.244 e. The van der Waals surface area contributed by atoms with E-state index >= 15 is 0 Å². The Morgan fingerprint density at radius 3 is 1.61 bits per heavy atom. The second-order valence-corrected chi connectivity index (χ2v) is 6.14. The Hall–Kier alpha value is -3.68. The number of ether oxygens (including phenoxy) is 4. The van der Waals surface area contributed by atoms with E-state index in [0.717, 1.165) is 11.1 Å². The summed E-state index contributed by atoms with van der Waals surface area (Å²) in [6.45, 7) is 1.04. The maximum absolute atomic E-state index is 11.9. The van der Waals surface area contributed by atoms with Gasteiger partial charge in [0.1, 0.15) is 0 Å². The molecule has 0 atom stereocenters. The molecular formula is C20H18N2O6. The van der Waals surface area contributed by atoms with E-state index in [0.29, 0.717) is 36.1 Å². The zero-order valence-corrected chi connectivity index (χ0v) is 14.9. The molecule has 2 aliphatic heterocycles. The monoisotopic (exact) mass is 382 g/mol. The predicted molar refractivity (Wildman–Crippen MR) is 98.0 cm³/mol. The lowest BCUT2D eigenvalue weighted by molar-refractivity contribution is -0.118. The van der Waals surface area contributed by atoms with Crippen LogP contribution in [-0.4, -0.2) is 25.4 Å². The third-order valence-electron chi connectivity index (χ3n) is 4.19. The highest BCUT2D eigenvalue weighted by Gasteiger charge is 2.14. The topological polar surface area (TPSA) is 95.1 Å². The largest absolute Gasteiger partial charge is 0.454 e. The first-order chi connectivity index (χ1) is 13.7. The first-order valence-corrected chi connectivity index (χ1v) is 8.68. The summed E-state index contributed by atoms with van der Waals surface area (Å²) in [7, 11) is 0. The number of hydrogen-bond donors (Lipinski definition) is 2. The fourth-order valence-corrected chi connectivity index (χ4v) is 2.75. The molecule has 0 spiro atoms. The van der Waals surface area contributed by atoms with Crippen LogP contribution in [0.4, 0.5) is 0 Å². The van der Waals surface area contributed by atoms with Gasteiger partial charge >= 0.3 is 0 Å². The number of carbonyl (C=O) groups is 2. The summed E-state index contributed by atoms with van der Waals surface area (Å²) in [6.07, 6.45) is 2.39. The summed E-state index contributed by atoms with van der Waals surface area (Å²) >= 11 is 0. The number of rotatable bonds is 6. The molecule has 2 heterocycles. The predicted octanol–water partition coefficient (Wildman–Crippen LogP) is 1.63. The van der Waals surface area contributed by atoms with Crippen molar-refractivity contribution >= 4 is 11.8 Å². The molecule has 2 aromatic rings. The number of amides is 2. The maximum Gasteiger partial charge on any atom is 0.244 e. The van der Waals surface area contributed by atoms with Crippen molar-refractivity contribution in [3.63, 3.8) is 0 Å². The number of nitrogens with one attached hydrogen (secondary N) is 2. The van der Waals surface area contributed by atoms with E-state index in [1.807, 2.05) is 24.3 Å². The molecule has 0 unspecified atom stereocenters. The average Bonchev–Trinajstić information content (AvgIpc) is 3.37. The lowest BCUT2D eigenvalue weighted by atomic mass is 10.2. The van der Waals surface area contributed by atoms with Gasteiger partial charge in [0.25, 0.3) is 0 Å². The highest BCUT2D eigenvalue weighted by molar-refractivity contribution is 5.96. The van der Waals surface area contributed by atoms with E-state index in [2.05, 4.69) is 10.6 Å². The Morgan fingerprint density at radius 2 is 1.14 bits per heavy atom. The van der Waals surface area contributed by atoms with E-state index in [1.165, 1.54) is 12.2 Å². The summed E-state index contributed by atoms with van der Waals surface area (Å²) in [5.41, 5.74) is 1.75. The van der Waals surface area contributed by atoms with Crippen LogP contribution in [0, 0.1) is 0 Å². The Kier molecular flexibility index (Phi) is 5.01. The minimum absolute atomic E-state index is 0.204. The molecule has 0 aromatic heterocycles. The van der Waals surface area contributed by atoms with Gasteiger partial charge in [0, 0.05) is 25.2 Å². The molecule has 0 bridgehead atoms. The summed E-state index contributed by atoms with van der Waals surface area (Å²) in [5.74, 6) is 1.96. The van der Waals surface area contributed by atoms with Gasteiger partial charge in [0.15, 0.2) is 23.0 Å². The van der Waals surface area contributed by atoms with Crippen LogP contribution in [0.2, 0.25) is 0 Å². The molecule has 2 N–H and O–H groups in total. The van der Waals surface area contributed by atoms with Crippen molar-refractivity contribution in [2.24, 2.45) is 0 Å². The Balaban J connectivity index is 1.22. The fourth-order valence-electron chi connectivity index (χ4n) is 2.75. The summed E-state index contributed by atoms with van der Waals surface area (Å²) in [4.78, 5) is 23.8. The maximum atomic E-state index is 11.9. The molecule has 0 fully saturated rings. The van der Waals surface area contributed by atoms with Crippen molar-refractivity contribution in [2.75, 3.05) is 13.6 Å². The van der Waals surface area contributed by atoms with Crippen molar-refractivity contribution < 1.29 is 28.5 Å². The van der Waals surface area contributed by atoms with E-state index in [1.54, 1.807) is 12.1 Å². The first-order valence-electron chi connectivity index (χ1n) is 8.68. The van der Waals surface area contributed by atoms with Gasteiger partial charge in [-0.25, -0.2) is 0 Å². The molecule has 0 saturated carbocycles. The van der Waals surface area contributed by atoms with Crippen LogP contribution in [0.3, 0.4) is 0 Å². The quantitative estimate of drug-likeness (QED) is 0.738. The van der Waals surface area contributed by atoms with Crippen molar-refractivity contribution in [3.05, 3.63) is 59.7 Å². The number of hydrogen-bond acceptors (Lipinski definition) is 6. The van der Waals surface area contributed by atoms with E-state index in [9.17, 15) is 9.59 Å². The van der Waals surface area contributed by atoms with Gasteiger partial charge in [-0.1, -0.05) is 12.1 Å². The molecule has 2 aliphatic rings. The zero-order chi connectivity index (χ0) is 19.3. The molecule has 0 saturated heterocycles. The molecular weight excluding hydrogens is 364 g/mol. The van der Waals surface area contributed by atoms with Crippen LogP contribution < -0.4 is 29.6 Å². The standard InChI is InChI=1S/C20H18N2O6/c23-19(21-9-13-1-3-15-17(7-13)27-11-25-15)5-6-20(24)22-10-14-2-4-16-18(8-14)28-12-26-16/h1-8H,9-12H2,(H,21,23)(H,22,24). The molecule has 0 radical (unpaired) electrons. The van der Waals surface area contributed by atoms with Gasteiger partial charge in [-0.05, 0) is 35.4 Å². The van der Waals surface area contributed by atoms with Gasteiger partial charge in [-0.3, -0.25) is 9.59 Å². The minimum atomic E-state index is -0.365. The van der Waals surface area contributed by atoms with Gasteiger partial charge in [0.2, 0.25) is 25.4 Å². The Labute approximate surface area is 161 Å². The summed E-state index contributed by atoms with van der Waals surface area (Å²) < 4.78 is 21.1. The average molecular weight is 382 g/mol. The lowest BCUT2D eigenvalue weighted by Crippen LogP contribution is -2.23. The molecule has 28 heavy (non-hydrogen) atoms. The minimum Gasteiger partial charge on any atom is -0.454 e. The van der Waals surface area contributed by atoms with Crippen molar-refractivity contribution in [1.82, 2.24) is 10.6 Å². The molecule has 2 aromatic carbocycles. The van der Waals surface area contributed by atoms with Crippen molar-refractivity contribution in [1.29, 1.82) is 0 Å². The molecule has 8 heteroatoms. The van der Waals surface area contributed by atoms with E-state index in [-0.39, 0.29) is 25.4 Å². The fraction of sp³-hybridized carbons (Fsp3) is 0.200. The van der Waals surface area contributed by atoms with Crippen molar-refractivity contribution in [3.8, 4) is 23.0 Å². The molecule has 4 rings (SSSR count). The highest BCUT2D eigenvalue weighted by Crippen LogP contribution is 2.33. The van der Waals surface area contributed by atoms with E-state index in [4.69, 9.17) is 18.9 Å². The SMILES string of the molecule is O=C(C=CC(=O)NCc1ccc2c(c1)OCO2)NCc1ccc2c(c1)OCO2. The normalized spacial score (nSPS) is 13.6. The van der Waals surface area contributed by atoms with Crippen molar-refractivity contribution in [2.45, 2.75) is 13.1 Å². The van der Waals surface area contributed by atoms with Gasteiger partial charge in [-0.2, -0.15) is 0 Å². The molecule has 8 nitrogen and oxygen atoms in total. The summed E-state index contributed by atoms with van der Waals surface area (Å²) in [5, 5.41) is 5.43. The first kappa shape index (κ1) is 17.7. The second kappa shape index (κ2) is 7.91. The molecule has 144 valence electrons. The lowest BCUT2D eigenvalue weighted by Gasteiger charge is -2.05. The zero-order valence-electron chi connectivity index (χ0n) is 14.9. The van der Waals surface area contributed by atoms with Crippen LogP contribution in [0.25, 0.3) is 0 Å². The highest BCUT2D eigenvalue weighted by atomic mass is 16.7. The molecule has 0 aliphatic carbocycles. The Morgan fingerprint density at radius 1 is 0.714 bits per heavy atom. The van der Waals surface area contributed by atoms with Crippen LogP contribution >= 0.6 is 0 Å². The van der Waals surface area contributed by atoms with Crippen LogP contribution in [0.1, 0.15) is 11.1 Å². The van der Waals surface area contributed by atoms with Crippen LogP contribution in [0.5, 0.6) is 23.0 Å². The van der Waals surface area contributed by atoms with Crippen LogP contribution in [0.15, 0.2) is 48.6 Å². The number of carbonyl (C=O) groups excluding carboxylic acids is 2. The van der Waals surface area contributed by atoms with Gasteiger partial charge < -0.3 is 29.6 Å². The van der Waals surface area contributed by atoms with Gasteiger partial charge in [0.05, 0.1) is 0 Å². The number of benzene rings is 2. The third kappa shape index (κ3) is 4.17. The Bertz CT molecular complexity index is 865. The van der Waals surface area contributed by atoms with Crippen LogP contribution in [-0.2, 0) is 22.7 Å². The summed E-state index contributed by atoms with van der Waals surface area (Å²) in [6, 6.07) is 10.9.